The largest absolute Gasteiger partial charge is 0.309 e. The molecule has 0 aliphatic carbocycles. The highest BCUT2D eigenvalue weighted by Gasteiger charge is 2.22. The Hall–Kier alpha value is -6.10. The summed E-state index contributed by atoms with van der Waals surface area (Å²) in [6.07, 6.45) is 0. The molecule has 0 aliphatic heterocycles. The molecule has 0 atom stereocenters. The predicted molar refractivity (Wildman–Crippen MR) is 170 cm³/mol. The molecule has 4 nitrogen and oxygen atoms in total. The first kappa shape index (κ1) is 23.8. The molecule has 0 radical (unpaired) electrons. The van der Waals surface area contributed by atoms with Crippen molar-refractivity contribution in [2.24, 2.45) is 0 Å². The average molecular weight is 535 g/mol. The lowest BCUT2D eigenvalue weighted by molar-refractivity contribution is 1.15. The van der Waals surface area contributed by atoms with E-state index >= 15 is 0 Å². The van der Waals surface area contributed by atoms with E-state index in [9.17, 15) is 10.5 Å². The second-order valence-corrected chi connectivity index (χ2v) is 10.4. The molecule has 194 valence electrons. The number of rotatable bonds is 3. The van der Waals surface area contributed by atoms with Gasteiger partial charge in [0.2, 0.25) is 0 Å². The van der Waals surface area contributed by atoms with E-state index in [0.29, 0.717) is 11.1 Å². The monoisotopic (exact) mass is 534 g/mol. The van der Waals surface area contributed by atoms with Gasteiger partial charge in [-0.3, -0.25) is 0 Å². The molecule has 0 fully saturated rings. The number of hydrogen-bond acceptors (Lipinski definition) is 2. The summed E-state index contributed by atoms with van der Waals surface area (Å²) >= 11 is 0. The van der Waals surface area contributed by atoms with E-state index in [2.05, 4.69) is 100 Å². The summed E-state index contributed by atoms with van der Waals surface area (Å²) in [5.41, 5.74) is 9.28. The van der Waals surface area contributed by atoms with Gasteiger partial charge in [0.05, 0.1) is 50.6 Å². The number of aromatic nitrogens is 2. The summed E-state index contributed by atoms with van der Waals surface area (Å²) in [5, 5.41) is 24.5. The fourth-order valence-corrected chi connectivity index (χ4v) is 6.45. The lowest BCUT2D eigenvalue weighted by Gasteiger charge is -2.19. The van der Waals surface area contributed by atoms with Crippen LogP contribution in [-0.2, 0) is 0 Å². The zero-order chi connectivity index (χ0) is 28.2. The summed E-state index contributed by atoms with van der Waals surface area (Å²) in [6.45, 7) is 0. The van der Waals surface area contributed by atoms with Crippen molar-refractivity contribution < 1.29 is 0 Å². The van der Waals surface area contributed by atoms with Gasteiger partial charge in [-0.15, -0.1) is 0 Å². The summed E-state index contributed by atoms with van der Waals surface area (Å²) in [4.78, 5) is 0. The van der Waals surface area contributed by atoms with E-state index in [1.165, 1.54) is 0 Å². The fraction of sp³-hybridized carbons (Fsp3) is 0. The van der Waals surface area contributed by atoms with Gasteiger partial charge < -0.3 is 9.13 Å². The van der Waals surface area contributed by atoms with E-state index < -0.39 is 0 Å². The molecule has 0 bridgehead atoms. The maximum atomic E-state index is 10.4. The molecule has 0 N–H and O–H groups in total. The van der Waals surface area contributed by atoms with Crippen LogP contribution in [0.4, 0.5) is 0 Å². The van der Waals surface area contributed by atoms with Crippen LogP contribution < -0.4 is 0 Å². The minimum absolute atomic E-state index is 0.606. The van der Waals surface area contributed by atoms with Gasteiger partial charge in [0, 0.05) is 32.7 Å². The quantitative estimate of drug-likeness (QED) is 0.227. The molecule has 8 rings (SSSR count). The minimum Gasteiger partial charge on any atom is -0.309 e. The van der Waals surface area contributed by atoms with Crippen LogP contribution in [0.25, 0.3) is 66.1 Å². The molecule has 0 amide bonds. The molecule has 0 unspecified atom stereocenters. The molecular weight excluding hydrogens is 512 g/mol. The predicted octanol–water partition coefficient (Wildman–Crippen LogP) is 9.29. The van der Waals surface area contributed by atoms with Gasteiger partial charge in [-0.2, -0.15) is 10.5 Å². The zero-order valence-electron chi connectivity index (χ0n) is 22.5. The number of fused-ring (bicyclic) bond motifs is 6. The standard InChI is InChI=1S/C38H22N4/c39-23-25-20-21-37-32(22-25)30-14-4-6-17-34(30)41(37)33-16-5-3-13-29(33)31-15-9-10-26(24-40)38(31)42-35-18-7-1-11-27(35)28-12-2-8-19-36(28)42/h1-22H. The maximum absolute atomic E-state index is 10.4. The van der Waals surface area contributed by atoms with Gasteiger partial charge in [-0.1, -0.05) is 84.9 Å². The lowest BCUT2D eigenvalue weighted by atomic mass is 9.98. The smallest absolute Gasteiger partial charge is 0.101 e. The van der Waals surface area contributed by atoms with Gasteiger partial charge >= 0.3 is 0 Å². The Labute approximate surface area is 242 Å². The van der Waals surface area contributed by atoms with Crippen molar-refractivity contribution in [1.82, 2.24) is 9.13 Å². The molecule has 42 heavy (non-hydrogen) atoms. The molecule has 0 aliphatic rings. The SMILES string of the molecule is N#Cc1ccc2c(c1)c1ccccc1n2-c1ccccc1-c1cccc(C#N)c1-n1c2ccccc2c2ccccc21. The second-order valence-electron chi connectivity index (χ2n) is 10.4. The fourth-order valence-electron chi connectivity index (χ4n) is 6.45. The first-order valence-electron chi connectivity index (χ1n) is 13.8. The van der Waals surface area contributed by atoms with Crippen molar-refractivity contribution in [2.45, 2.75) is 0 Å². The summed E-state index contributed by atoms with van der Waals surface area (Å²) < 4.78 is 4.51. The third-order valence-corrected chi connectivity index (χ3v) is 8.20. The van der Waals surface area contributed by atoms with Gasteiger partial charge in [0.25, 0.3) is 0 Å². The van der Waals surface area contributed by atoms with Crippen molar-refractivity contribution in [1.29, 1.82) is 10.5 Å². The molecule has 2 aromatic heterocycles. The first-order chi connectivity index (χ1) is 20.8. The highest BCUT2D eigenvalue weighted by Crippen LogP contribution is 2.41. The maximum Gasteiger partial charge on any atom is 0.101 e. The molecule has 2 heterocycles. The number of nitrogens with zero attached hydrogens (tertiary/aromatic N) is 4. The summed E-state index contributed by atoms with van der Waals surface area (Å²) in [6, 6.07) is 50.1. The van der Waals surface area contributed by atoms with E-state index in [1.807, 2.05) is 54.6 Å². The Morgan fingerprint density at radius 1 is 0.429 bits per heavy atom. The molecular formula is C38H22N4. The van der Waals surface area contributed by atoms with Gasteiger partial charge in [0.1, 0.15) is 6.07 Å². The average Bonchev–Trinajstić information content (AvgIpc) is 3.57. The Morgan fingerprint density at radius 2 is 0.976 bits per heavy atom. The normalized spacial score (nSPS) is 11.3. The molecule has 0 spiro atoms. The van der Waals surface area contributed by atoms with Crippen LogP contribution in [-0.4, -0.2) is 9.13 Å². The number of benzene rings is 6. The molecule has 8 aromatic rings. The van der Waals surface area contributed by atoms with E-state index in [-0.39, 0.29) is 0 Å². The highest BCUT2D eigenvalue weighted by atomic mass is 15.0. The van der Waals surface area contributed by atoms with Crippen molar-refractivity contribution in [2.75, 3.05) is 0 Å². The minimum atomic E-state index is 0.606. The third kappa shape index (κ3) is 3.33. The van der Waals surface area contributed by atoms with Crippen LogP contribution in [0.3, 0.4) is 0 Å². The summed E-state index contributed by atoms with van der Waals surface area (Å²) in [7, 11) is 0. The van der Waals surface area contributed by atoms with Crippen LogP contribution >= 0.6 is 0 Å². The first-order valence-corrected chi connectivity index (χ1v) is 13.8. The third-order valence-electron chi connectivity index (χ3n) is 8.20. The van der Waals surface area contributed by atoms with E-state index in [4.69, 9.17) is 0 Å². The van der Waals surface area contributed by atoms with E-state index in [0.717, 1.165) is 66.1 Å². The lowest BCUT2D eigenvalue weighted by Crippen LogP contribution is -2.03. The highest BCUT2D eigenvalue weighted by molar-refractivity contribution is 6.11. The van der Waals surface area contributed by atoms with Gasteiger partial charge in [-0.05, 0) is 48.5 Å². The van der Waals surface area contributed by atoms with Crippen molar-refractivity contribution in [3.8, 4) is 34.6 Å². The van der Waals surface area contributed by atoms with Crippen LogP contribution in [0.15, 0.2) is 133 Å². The molecule has 0 saturated heterocycles. The Balaban J connectivity index is 1.50. The second kappa shape index (κ2) is 9.24. The van der Waals surface area contributed by atoms with Crippen LogP contribution in [0, 0.1) is 22.7 Å². The van der Waals surface area contributed by atoms with Crippen molar-refractivity contribution >= 4 is 43.6 Å². The van der Waals surface area contributed by atoms with Crippen LogP contribution in [0.2, 0.25) is 0 Å². The van der Waals surface area contributed by atoms with Crippen LogP contribution in [0.1, 0.15) is 11.1 Å². The Morgan fingerprint density at radius 3 is 1.64 bits per heavy atom. The molecule has 0 saturated carbocycles. The molecule has 4 heteroatoms. The van der Waals surface area contributed by atoms with Crippen LogP contribution in [0.5, 0.6) is 0 Å². The topological polar surface area (TPSA) is 57.4 Å². The zero-order valence-corrected chi connectivity index (χ0v) is 22.5. The van der Waals surface area contributed by atoms with Gasteiger partial charge in [0.15, 0.2) is 0 Å². The molecule has 6 aromatic carbocycles. The number of hydrogen-bond donors (Lipinski definition) is 0. The van der Waals surface area contributed by atoms with Crippen molar-refractivity contribution in [3.63, 3.8) is 0 Å². The van der Waals surface area contributed by atoms with Gasteiger partial charge in [-0.25, -0.2) is 0 Å². The van der Waals surface area contributed by atoms with E-state index in [1.54, 1.807) is 0 Å². The summed E-state index contributed by atoms with van der Waals surface area (Å²) in [5.74, 6) is 0. The Bertz CT molecular complexity index is 2390. The number of para-hydroxylation sites is 5. The number of nitriles is 2. The van der Waals surface area contributed by atoms with Crippen molar-refractivity contribution in [3.05, 3.63) is 145 Å². The Kier molecular flexibility index (Phi) is 5.22.